The molecule has 3 rings (SSSR count). The number of nitrogens with one attached hydrogen (secondary N) is 1. The number of hydrogen-bond acceptors (Lipinski definition) is 4. The van der Waals surface area contributed by atoms with Crippen molar-refractivity contribution in [2.45, 2.75) is 63.7 Å². The molecular weight excluding hydrogens is 236 g/mol. The Bertz CT molecular complexity index is 440. The highest BCUT2D eigenvalue weighted by molar-refractivity contribution is 5.36. The summed E-state index contributed by atoms with van der Waals surface area (Å²) in [4.78, 5) is 9.47. The lowest BCUT2D eigenvalue weighted by molar-refractivity contribution is 0.580. The van der Waals surface area contributed by atoms with Crippen molar-refractivity contribution in [1.29, 1.82) is 0 Å². The van der Waals surface area contributed by atoms with E-state index < -0.39 is 0 Å². The molecule has 0 aliphatic heterocycles. The first-order valence-electron chi connectivity index (χ1n) is 7.61. The van der Waals surface area contributed by atoms with E-state index in [2.05, 4.69) is 17.3 Å². The van der Waals surface area contributed by atoms with Crippen molar-refractivity contribution in [3.63, 3.8) is 0 Å². The number of nitrogen functional groups attached to an aromatic ring is 1. The minimum absolute atomic E-state index is 0.531. The molecule has 19 heavy (non-hydrogen) atoms. The number of rotatable bonds is 3. The molecule has 4 heteroatoms. The van der Waals surface area contributed by atoms with Crippen LogP contribution in [0.5, 0.6) is 0 Å². The van der Waals surface area contributed by atoms with Gasteiger partial charge < -0.3 is 5.43 Å². The highest BCUT2D eigenvalue weighted by atomic mass is 15.3. The predicted molar refractivity (Wildman–Crippen MR) is 76.8 cm³/mol. The Labute approximate surface area is 115 Å². The summed E-state index contributed by atoms with van der Waals surface area (Å²) in [5, 5.41) is 0. The van der Waals surface area contributed by atoms with Crippen LogP contribution in [0.15, 0.2) is 6.07 Å². The zero-order valence-electron chi connectivity index (χ0n) is 11.7. The summed E-state index contributed by atoms with van der Waals surface area (Å²) >= 11 is 0. The average Bonchev–Trinajstić information content (AvgIpc) is 3.09. The molecule has 1 heterocycles. The molecule has 0 bridgehead atoms. The second kappa shape index (κ2) is 5.45. The monoisotopic (exact) mass is 260 g/mol. The lowest BCUT2D eigenvalue weighted by Gasteiger charge is -2.15. The molecule has 3 N–H and O–H groups in total. The second-order valence-electron chi connectivity index (χ2n) is 6.28. The van der Waals surface area contributed by atoms with Gasteiger partial charge in [0.1, 0.15) is 11.6 Å². The summed E-state index contributed by atoms with van der Waals surface area (Å²) in [6.07, 6.45) is 8.93. The molecule has 1 aromatic heterocycles. The highest BCUT2D eigenvalue weighted by Gasteiger charge is 2.27. The zero-order valence-corrected chi connectivity index (χ0v) is 11.7. The number of hydrogen-bond donors (Lipinski definition) is 2. The first kappa shape index (κ1) is 12.9. The largest absolute Gasteiger partial charge is 0.308 e. The summed E-state index contributed by atoms with van der Waals surface area (Å²) in [7, 11) is 0. The van der Waals surface area contributed by atoms with E-state index in [1.165, 1.54) is 50.6 Å². The highest BCUT2D eigenvalue weighted by Crippen LogP contribution is 2.38. The van der Waals surface area contributed by atoms with Gasteiger partial charge in [-0.2, -0.15) is 0 Å². The minimum Gasteiger partial charge on any atom is -0.308 e. The van der Waals surface area contributed by atoms with E-state index >= 15 is 0 Å². The van der Waals surface area contributed by atoms with E-state index in [0.29, 0.717) is 11.8 Å². The van der Waals surface area contributed by atoms with Gasteiger partial charge >= 0.3 is 0 Å². The predicted octanol–water partition coefficient (Wildman–Crippen LogP) is 3.32. The Kier molecular flexibility index (Phi) is 3.69. The first-order chi connectivity index (χ1) is 9.26. The molecule has 104 valence electrons. The molecule has 2 unspecified atom stereocenters. The Morgan fingerprint density at radius 3 is 2.53 bits per heavy atom. The van der Waals surface area contributed by atoms with Gasteiger partial charge in [0.2, 0.25) is 0 Å². The summed E-state index contributed by atoms with van der Waals surface area (Å²) in [6.45, 7) is 2.32. The molecule has 0 spiro atoms. The summed E-state index contributed by atoms with van der Waals surface area (Å²) in [6, 6.07) is 2.04. The SMILES string of the molecule is CC1CCC(c2nc(NN)cc(C3CCCC3)n2)C1. The van der Waals surface area contributed by atoms with Crippen LogP contribution >= 0.6 is 0 Å². The van der Waals surface area contributed by atoms with Crippen molar-refractivity contribution >= 4 is 5.82 Å². The van der Waals surface area contributed by atoms with E-state index in [1.54, 1.807) is 0 Å². The van der Waals surface area contributed by atoms with Gasteiger partial charge in [-0.1, -0.05) is 19.8 Å². The van der Waals surface area contributed by atoms with Crippen molar-refractivity contribution in [2.75, 3.05) is 5.43 Å². The molecule has 0 radical (unpaired) electrons. The number of nitrogens with zero attached hydrogens (tertiary/aromatic N) is 2. The van der Waals surface area contributed by atoms with Crippen molar-refractivity contribution in [3.05, 3.63) is 17.6 Å². The molecule has 1 aromatic rings. The maximum absolute atomic E-state index is 5.57. The zero-order chi connectivity index (χ0) is 13.2. The van der Waals surface area contributed by atoms with E-state index in [9.17, 15) is 0 Å². The Morgan fingerprint density at radius 2 is 1.89 bits per heavy atom. The third-order valence-electron chi connectivity index (χ3n) is 4.74. The molecular formula is C15H24N4. The lowest BCUT2D eigenvalue weighted by Crippen LogP contribution is -2.14. The van der Waals surface area contributed by atoms with E-state index in [-0.39, 0.29) is 0 Å². The lowest BCUT2D eigenvalue weighted by atomic mass is 10.0. The average molecular weight is 260 g/mol. The maximum atomic E-state index is 5.57. The van der Waals surface area contributed by atoms with E-state index in [1.807, 2.05) is 6.07 Å². The van der Waals surface area contributed by atoms with Crippen LogP contribution in [-0.2, 0) is 0 Å². The smallest absolute Gasteiger partial charge is 0.143 e. The molecule has 2 aliphatic carbocycles. The van der Waals surface area contributed by atoms with Gasteiger partial charge in [0, 0.05) is 23.6 Å². The molecule has 0 aromatic carbocycles. The van der Waals surface area contributed by atoms with Crippen molar-refractivity contribution in [2.24, 2.45) is 11.8 Å². The van der Waals surface area contributed by atoms with Gasteiger partial charge in [-0.15, -0.1) is 0 Å². The van der Waals surface area contributed by atoms with E-state index in [4.69, 9.17) is 10.8 Å². The Morgan fingerprint density at radius 1 is 1.11 bits per heavy atom. The van der Waals surface area contributed by atoms with Gasteiger partial charge in [0.15, 0.2) is 0 Å². The standard InChI is InChI=1S/C15H24N4/c1-10-6-7-12(8-10)15-17-13(9-14(18-15)19-16)11-4-2-3-5-11/h9-12H,2-8,16H2,1H3,(H,17,18,19). The quantitative estimate of drug-likeness (QED) is 0.646. The summed E-state index contributed by atoms with van der Waals surface area (Å²) in [5.41, 5.74) is 3.92. The number of hydrazine groups is 1. The summed E-state index contributed by atoms with van der Waals surface area (Å²) in [5.74, 6) is 9.32. The van der Waals surface area contributed by atoms with Crippen LogP contribution in [-0.4, -0.2) is 9.97 Å². The summed E-state index contributed by atoms with van der Waals surface area (Å²) < 4.78 is 0. The molecule has 4 nitrogen and oxygen atoms in total. The Hall–Kier alpha value is -1.16. The molecule has 2 aliphatic rings. The van der Waals surface area contributed by atoms with Gasteiger partial charge in [0.05, 0.1) is 0 Å². The topological polar surface area (TPSA) is 63.8 Å². The van der Waals surface area contributed by atoms with Gasteiger partial charge in [-0.05, 0) is 38.0 Å². The van der Waals surface area contributed by atoms with Crippen LogP contribution in [0.1, 0.15) is 75.2 Å². The van der Waals surface area contributed by atoms with Crippen LogP contribution in [0.4, 0.5) is 5.82 Å². The number of nitrogens with two attached hydrogens (primary N) is 1. The van der Waals surface area contributed by atoms with Crippen LogP contribution < -0.4 is 11.3 Å². The van der Waals surface area contributed by atoms with Crippen LogP contribution in [0.25, 0.3) is 0 Å². The fraction of sp³-hybridized carbons (Fsp3) is 0.733. The molecule has 0 saturated heterocycles. The number of anilines is 1. The normalized spacial score (nSPS) is 27.9. The van der Waals surface area contributed by atoms with Crippen LogP contribution in [0, 0.1) is 5.92 Å². The second-order valence-corrected chi connectivity index (χ2v) is 6.28. The van der Waals surface area contributed by atoms with Gasteiger partial charge in [0.25, 0.3) is 0 Å². The Balaban J connectivity index is 1.88. The number of aromatic nitrogens is 2. The van der Waals surface area contributed by atoms with Gasteiger partial charge in [-0.25, -0.2) is 15.8 Å². The van der Waals surface area contributed by atoms with E-state index in [0.717, 1.165) is 17.6 Å². The fourth-order valence-electron chi connectivity index (χ4n) is 3.61. The molecule has 2 atom stereocenters. The van der Waals surface area contributed by atoms with Crippen molar-refractivity contribution in [3.8, 4) is 0 Å². The molecule has 2 fully saturated rings. The van der Waals surface area contributed by atoms with Crippen LogP contribution in [0.3, 0.4) is 0 Å². The molecule has 2 saturated carbocycles. The minimum atomic E-state index is 0.531. The fourth-order valence-corrected chi connectivity index (χ4v) is 3.61. The van der Waals surface area contributed by atoms with Crippen LogP contribution in [0.2, 0.25) is 0 Å². The van der Waals surface area contributed by atoms with Crippen molar-refractivity contribution < 1.29 is 0 Å². The first-order valence-corrected chi connectivity index (χ1v) is 7.61. The van der Waals surface area contributed by atoms with Gasteiger partial charge in [-0.3, -0.25) is 0 Å². The third kappa shape index (κ3) is 2.73. The maximum Gasteiger partial charge on any atom is 0.143 e. The third-order valence-corrected chi connectivity index (χ3v) is 4.74. The van der Waals surface area contributed by atoms with Crippen molar-refractivity contribution in [1.82, 2.24) is 9.97 Å². The molecule has 0 amide bonds.